The Hall–Kier alpha value is -1.81. The molecule has 0 aromatic carbocycles. The van der Waals surface area contributed by atoms with Gasteiger partial charge in [-0.15, -0.1) is 0 Å². The number of hydrogen-bond donors (Lipinski definition) is 1. The van der Waals surface area contributed by atoms with Crippen LogP contribution in [-0.4, -0.2) is 9.97 Å². The number of aromatic nitrogens is 2. The van der Waals surface area contributed by atoms with Gasteiger partial charge < -0.3 is 4.98 Å². The van der Waals surface area contributed by atoms with Gasteiger partial charge in [-0.05, 0) is 20.3 Å². The lowest BCUT2D eigenvalue weighted by Gasteiger charge is -2.08. The zero-order valence-corrected chi connectivity index (χ0v) is 9.91. The van der Waals surface area contributed by atoms with Crippen molar-refractivity contribution in [1.82, 2.24) is 9.97 Å². The normalized spacial score (nSPS) is 13.8. The summed E-state index contributed by atoms with van der Waals surface area (Å²) in [5.74, 6) is 0.495. The van der Waals surface area contributed by atoms with Crippen molar-refractivity contribution in [2.75, 3.05) is 0 Å². The van der Waals surface area contributed by atoms with Crippen LogP contribution in [0.5, 0.6) is 0 Å². The zero-order chi connectivity index (χ0) is 12.1. The third-order valence-corrected chi connectivity index (χ3v) is 2.60. The summed E-state index contributed by atoms with van der Waals surface area (Å²) in [4.78, 5) is 7.55. The molecule has 0 aliphatic carbocycles. The van der Waals surface area contributed by atoms with E-state index in [0.717, 1.165) is 23.6 Å². The van der Waals surface area contributed by atoms with Gasteiger partial charge in [-0.25, -0.2) is 4.98 Å². The Morgan fingerprint density at radius 3 is 2.50 bits per heavy atom. The van der Waals surface area contributed by atoms with Gasteiger partial charge in [-0.2, -0.15) is 10.5 Å². The minimum Gasteiger partial charge on any atom is -0.346 e. The van der Waals surface area contributed by atoms with Crippen LogP contribution < -0.4 is 0 Å². The average Bonchev–Trinajstić information content (AvgIpc) is 2.67. The predicted octanol–water partition coefficient (Wildman–Crippen LogP) is 2.44. The number of nitrogens with one attached hydrogen (secondary N) is 1. The molecule has 1 aromatic heterocycles. The Kier molecular flexibility index (Phi) is 4.08. The van der Waals surface area contributed by atoms with Crippen molar-refractivity contribution in [1.29, 1.82) is 10.5 Å². The number of H-pyrrole nitrogens is 1. The van der Waals surface area contributed by atoms with Crippen LogP contribution in [0.25, 0.3) is 0 Å². The largest absolute Gasteiger partial charge is 0.346 e. The van der Waals surface area contributed by atoms with Crippen molar-refractivity contribution in [3.05, 3.63) is 17.2 Å². The molecule has 2 atom stereocenters. The molecule has 0 bridgehead atoms. The van der Waals surface area contributed by atoms with Gasteiger partial charge in [0.05, 0.1) is 23.8 Å². The molecule has 0 spiro atoms. The number of nitriles is 2. The highest BCUT2D eigenvalue weighted by Gasteiger charge is 2.19. The van der Waals surface area contributed by atoms with Crippen molar-refractivity contribution < 1.29 is 0 Å². The summed E-state index contributed by atoms with van der Waals surface area (Å²) < 4.78 is 0. The Morgan fingerprint density at radius 1 is 1.38 bits per heavy atom. The molecule has 2 unspecified atom stereocenters. The van der Waals surface area contributed by atoms with Crippen LogP contribution in [0.3, 0.4) is 0 Å². The van der Waals surface area contributed by atoms with Gasteiger partial charge >= 0.3 is 0 Å². The summed E-state index contributed by atoms with van der Waals surface area (Å²) in [6.45, 7) is 5.76. The number of aryl methyl sites for hydroxylation is 2. The fourth-order valence-electron chi connectivity index (χ4n) is 1.68. The Balaban J connectivity index is 2.92. The molecular formula is C12H16N4. The van der Waals surface area contributed by atoms with Gasteiger partial charge in [0.1, 0.15) is 5.82 Å². The standard InChI is InChI=1S/C12H16N4/c1-4-11-15-9(3)12(16-11)10(7-14)5-8(2)6-13/h8,10H,4-5H2,1-3H3,(H,15,16). The monoisotopic (exact) mass is 216 g/mol. The van der Waals surface area contributed by atoms with Gasteiger partial charge in [0, 0.05) is 18.0 Å². The highest BCUT2D eigenvalue weighted by Crippen LogP contribution is 2.24. The first kappa shape index (κ1) is 12.3. The fraction of sp³-hybridized carbons (Fsp3) is 0.583. The van der Waals surface area contributed by atoms with Crippen LogP contribution in [0.2, 0.25) is 0 Å². The van der Waals surface area contributed by atoms with Gasteiger partial charge in [0.2, 0.25) is 0 Å². The van der Waals surface area contributed by atoms with Gasteiger partial charge in [0.25, 0.3) is 0 Å². The molecule has 0 saturated heterocycles. The lowest BCUT2D eigenvalue weighted by atomic mass is 9.94. The molecule has 1 rings (SSSR count). The van der Waals surface area contributed by atoms with Crippen LogP contribution in [-0.2, 0) is 6.42 Å². The molecule has 4 heteroatoms. The Bertz CT molecular complexity index is 433. The average molecular weight is 216 g/mol. The molecule has 0 aliphatic heterocycles. The van der Waals surface area contributed by atoms with E-state index in [4.69, 9.17) is 10.5 Å². The highest BCUT2D eigenvalue weighted by atomic mass is 14.9. The summed E-state index contributed by atoms with van der Waals surface area (Å²) >= 11 is 0. The Labute approximate surface area is 95.9 Å². The molecule has 1 N–H and O–H groups in total. The number of nitrogens with zero attached hydrogens (tertiary/aromatic N) is 3. The van der Waals surface area contributed by atoms with Gasteiger partial charge in [-0.3, -0.25) is 0 Å². The topological polar surface area (TPSA) is 76.3 Å². The number of imidazole rings is 1. The molecule has 0 aliphatic rings. The maximum atomic E-state index is 9.12. The van der Waals surface area contributed by atoms with E-state index in [-0.39, 0.29) is 11.8 Å². The molecule has 0 radical (unpaired) electrons. The van der Waals surface area contributed by atoms with Crippen LogP contribution in [0.1, 0.15) is 43.4 Å². The first-order chi connectivity index (χ1) is 7.62. The van der Waals surface area contributed by atoms with E-state index < -0.39 is 0 Å². The predicted molar refractivity (Wildman–Crippen MR) is 60.5 cm³/mol. The maximum absolute atomic E-state index is 9.12. The number of hydrogen-bond acceptors (Lipinski definition) is 3. The van der Waals surface area contributed by atoms with E-state index in [1.165, 1.54) is 0 Å². The van der Waals surface area contributed by atoms with E-state index in [1.807, 2.05) is 20.8 Å². The van der Waals surface area contributed by atoms with Crippen LogP contribution in [0.15, 0.2) is 0 Å². The van der Waals surface area contributed by atoms with E-state index in [2.05, 4.69) is 22.1 Å². The quantitative estimate of drug-likeness (QED) is 0.839. The SMILES string of the molecule is CCc1nc(C(C#N)CC(C)C#N)c(C)[nH]1. The molecule has 4 nitrogen and oxygen atoms in total. The molecule has 16 heavy (non-hydrogen) atoms. The molecular weight excluding hydrogens is 200 g/mol. The van der Waals surface area contributed by atoms with Crippen molar-refractivity contribution >= 4 is 0 Å². The third-order valence-electron chi connectivity index (χ3n) is 2.60. The molecule has 0 fully saturated rings. The molecule has 0 amide bonds. The van der Waals surface area contributed by atoms with Gasteiger partial charge in [0.15, 0.2) is 0 Å². The minimum absolute atomic E-state index is 0.120. The lowest BCUT2D eigenvalue weighted by molar-refractivity contribution is 0.607. The van der Waals surface area contributed by atoms with Crippen LogP contribution >= 0.6 is 0 Å². The zero-order valence-electron chi connectivity index (χ0n) is 9.91. The first-order valence-corrected chi connectivity index (χ1v) is 5.46. The second-order valence-electron chi connectivity index (χ2n) is 3.99. The van der Waals surface area contributed by atoms with Crippen LogP contribution in [0.4, 0.5) is 0 Å². The minimum atomic E-state index is -0.286. The van der Waals surface area contributed by atoms with E-state index in [9.17, 15) is 0 Å². The molecule has 1 heterocycles. The summed E-state index contributed by atoms with van der Waals surface area (Å²) in [5, 5.41) is 17.9. The lowest BCUT2D eigenvalue weighted by Crippen LogP contribution is -2.04. The molecule has 1 aromatic rings. The fourth-order valence-corrected chi connectivity index (χ4v) is 1.68. The maximum Gasteiger partial charge on any atom is 0.106 e. The number of rotatable bonds is 4. The van der Waals surface area contributed by atoms with Crippen LogP contribution in [0, 0.1) is 35.5 Å². The molecule has 84 valence electrons. The second kappa shape index (κ2) is 5.32. The summed E-state index contributed by atoms with van der Waals surface area (Å²) in [5.41, 5.74) is 1.73. The summed E-state index contributed by atoms with van der Waals surface area (Å²) in [6.07, 6.45) is 1.37. The smallest absolute Gasteiger partial charge is 0.106 e. The van der Waals surface area contributed by atoms with E-state index in [0.29, 0.717) is 6.42 Å². The second-order valence-corrected chi connectivity index (χ2v) is 3.99. The van der Waals surface area contributed by atoms with Crippen molar-refractivity contribution in [2.45, 2.75) is 39.5 Å². The van der Waals surface area contributed by atoms with Gasteiger partial charge in [-0.1, -0.05) is 6.92 Å². The van der Waals surface area contributed by atoms with Crippen molar-refractivity contribution in [3.8, 4) is 12.1 Å². The number of aromatic amines is 1. The highest BCUT2D eigenvalue weighted by molar-refractivity contribution is 5.23. The van der Waals surface area contributed by atoms with Crippen molar-refractivity contribution in [2.24, 2.45) is 5.92 Å². The first-order valence-electron chi connectivity index (χ1n) is 5.46. The van der Waals surface area contributed by atoms with E-state index in [1.54, 1.807) is 0 Å². The van der Waals surface area contributed by atoms with Crippen molar-refractivity contribution in [3.63, 3.8) is 0 Å². The third kappa shape index (κ3) is 2.61. The summed E-state index contributed by atoms with van der Waals surface area (Å²) in [7, 11) is 0. The molecule has 0 saturated carbocycles. The Morgan fingerprint density at radius 2 is 2.06 bits per heavy atom. The van der Waals surface area contributed by atoms with E-state index >= 15 is 0 Å². The summed E-state index contributed by atoms with van der Waals surface area (Å²) in [6, 6.07) is 4.38.